The van der Waals surface area contributed by atoms with Gasteiger partial charge in [0.05, 0.1) is 16.7 Å². The fourth-order valence-electron chi connectivity index (χ4n) is 4.65. The first-order valence-corrected chi connectivity index (χ1v) is 12.7. The lowest BCUT2D eigenvalue weighted by Gasteiger charge is -2.26. The molecule has 1 saturated carbocycles. The van der Waals surface area contributed by atoms with E-state index in [0.717, 1.165) is 38.0 Å². The van der Waals surface area contributed by atoms with E-state index in [9.17, 15) is 9.59 Å². The third-order valence-electron chi connectivity index (χ3n) is 6.58. The summed E-state index contributed by atoms with van der Waals surface area (Å²) in [5.41, 5.74) is 2.13. The van der Waals surface area contributed by atoms with Crippen molar-refractivity contribution in [3.63, 3.8) is 0 Å². The minimum atomic E-state index is -0.00816. The first-order chi connectivity index (χ1) is 15.1. The van der Waals surface area contributed by atoms with Gasteiger partial charge in [0, 0.05) is 12.6 Å². The molecule has 5 nitrogen and oxygen atoms in total. The maximum atomic E-state index is 13.2. The lowest BCUT2D eigenvalue weighted by atomic mass is 9.87. The lowest BCUT2D eigenvalue weighted by Crippen LogP contribution is -2.38. The van der Waals surface area contributed by atoms with Gasteiger partial charge in [0.15, 0.2) is 5.16 Å². The van der Waals surface area contributed by atoms with Crippen molar-refractivity contribution in [2.24, 2.45) is 5.92 Å². The van der Waals surface area contributed by atoms with Crippen molar-refractivity contribution in [2.45, 2.75) is 82.5 Å². The van der Waals surface area contributed by atoms with E-state index in [1.54, 1.807) is 4.57 Å². The molecule has 0 spiro atoms. The Balaban J connectivity index is 1.47. The number of hydrogen-bond acceptors (Lipinski definition) is 4. The van der Waals surface area contributed by atoms with E-state index in [4.69, 9.17) is 4.98 Å². The second kappa shape index (κ2) is 10.5. The van der Waals surface area contributed by atoms with Crippen LogP contribution in [-0.4, -0.2) is 27.3 Å². The molecule has 31 heavy (non-hydrogen) atoms. The molecule has 0 radical (unpaired) electrons. The van der Waals surface area contributed by atoms with Gasteiger partial charge in [-0.15, -0.1) is 0 Å². The number of rotatable bonds is 7. The van der Waals surface area contributed by atoms with Crippen LogP contribution in [0.4, 0.5) is 0 Å². The molecule has 4 rings (SSSR count). The van der Waals surface area contributed by atoms with Gasteiger partial charge in [0.2, 0.25) is 5.91 Å². The summed E-state index contributed by atoms with van der Waals surface area (Å²) >= 11 is 1.38. The van der Waals surface area contributed by atoms with Crippen molar-refractivity contribution < 1.29 is 4.79 Å². The normalized spacial score (nSPS) is 21.6. The molecule has 0 saturated heterocycles. The van der Waals surface area contributed by atoms with Gasteiger partial charge in [-0.3, -0.25) is 14.2 Å². The average molecular weight is 440 g/mol. The zero-order valence-electron chi connectivity index (χ0n) is 18.4. The summed E-state index contributed by atoms with van der Waals surface area (Å²) in [6.45, 7) is 2.90. The third kappa shape index (κ3) is 5.79. The summed E-state index contributed by atoms with van der Waals surface area (Å²) in [6.07, 6.45) is 12.4. The minimum absolute atomic E-state index is 0.00816. The van der Waals surface area contributed by atoms with Crippen LogP contribution < -0.4 is 10.9 Å². The SMILES string of the molecule is CC1CCC(NC(=O)CSc2nc3ccccc3c(=O)n2CCC2=CCCCC2)CC1. The number of carbonyl (C=O) groups excluding carboxylic acids is 1. The molecule has 1 aromatic carbocycles. The Hall–Kier alpha value is -2.08. The molecule has 2 aliphatic carbocycles. The molecule has 1 amide bonds. The summed E-state index contributed by atoms with van der Waals surface area (Å²) in [6, 6.07) is 7.78. The van der Waals surface area contributed by atoms with E-state index in [0.29, 0.717) is 28.4 Å². The van der Waals surface area contributed by atoms with E-state index in [1.165, 1.54) is 43.0 Å². The topological polar surface area (TPSA) is 64.0 Å². The lowest BCUT2D eigenvalue weighted by molar-refractivity contribution is -0.119. The van der Waals surface area contributed by atoms with Gasteiger partial charge in [-0.25, -0.2) is 4.98 Å². The van der Waals surface area contributed by atoms with Crippen molar-refractivity contribution in [3.8, 4) is 0 Å². The Bertz CT molecular complexity index is 1010. The van der Waals surface area contributed by atoms with Gasteiger partial charge >= 0.3 is 0 Å². The minimum Gasteiger partial charge on any atom is -0.353 e. The Labute approximate surface area is 188 Å². The average Bonchev–Trinajstić information content (AvgIpc) is 2.79. The molecule has 1 heterocycles. The first-order valence-electron chi connectivity index (χ1n) is 11.7. The number of nitrogens with one attached hydrogen (secondary N) is 1. The number of hydrogen-bond donors (Lipinski definition) is 1. The summed E-state index contributed by atoms with van der Waals surface area (Å²) in [5, 5.41) is 4.47. The fraction of sp³-hybridized carbons (Fsp3) is 0.560. The number of thioether (sulfide) groups is 1. The van der Waals surface area contributed by atoms with Crippen molar-refractivity contribution in [2.75, 3.05) is 5.75 Å². The van der Waals surface area contributed by atoms with Gasteiger partial charge in [0.25, 0.3) is 5.56 Å². The molecular weight excluding hydrogens is 406 g/mol. The van der Waals surface area contributed by atoms with Crippen LogP contribution in [0.25, 0.3) is 10.9 Å². The van der Waals surface area contributed by atoms with Crippen LogP contribution in [0.5, 0.6) is 0 Å². The van der Waals surface area contributed by atoms with E-state index in [-0.39, 0.29) is 17.5 Å². The van der Waals surface area contributed by atoms with Crippen molar-refractivity contribution >= 4 is 28.6 Å². The zero-order chi connectivity index (χ0) is 21.6. The first kappa shape index (κ1) is 22.1. The predicted molar refractivity (Wildman–Crippen MR) is 127 cm³/mol. The van der Waals surface area contributed by atoms with Crippen LogP contribution in [0.15, 0.2) is 45.9 Å². The molecule has 1 aromatic heterocycles. The van der Waals surface area contributed by atoms with Crippen LogP contribution in [-0.2, 0) is 11.3 Å². The number of nitrogens with zero attached hydrogens (tertiary/aromatic N) is 2. The molecular formula is C25H33N3O2S. The number of benzene rings is 1. The fourth-order valence-corrected chi connectivity index (χ4v) is 5.48. The standard InChI is InChI=1S/C25H33N3O2S/c1-18-11-13-20(14-12-18)26-23(29)17-31-25-27-22-10-6-5-9-21(22)24(30)28(25)16-15-19-7-3-2-4-8-19/h5-7,9-10,18,20H,2-4,8,11-17H2,1H3,(H,26,29). The van der Waals surface area contributed by atoms with Crippen molar-refractivity contribution in [1.82, 2.24) is 14.9 Å². The van der Waals surface area contributed by atoms with Crippen LogP contribution in [0.1, 0.15) is 64.7 Å². The maximum Gasteiger partial charge on any atom is 0.262 e. The van der Waals surface area contributed by atoms with Gasteiger partial charge < -0.3 is 5.32 Å². The molecule has 0 unspecified atom stereocenters. The predicted octanol–water partition coefficient (Wildman–Crippen LogP) is 5.07. The van der Waals surface area contributed by atoms with Crippen LogP contribution in [0, 0.1) is 5.92 Å². The molecule has 166 valence electrons. The maximum absolute atomic E-state index is 13.2. The van der Waals surface area contributed by atoms with Gasteiger partial charge in [-0.1, -0.05) is 42.5 Å². The molecule has 2 aliphatic rings. The highest BCUT2D eigenvalue weighted by molar-refractivity contribution is 7.99. The molecule has 6 heteroatoms. The number of carbonyl (C=O) groups is 1. The summed E-state index contributed by atoms with van der Waals surface area (Å²) in [7, 11) is 0. The van der Waals surface area contributed by atoms with E-state index < -0.39 is 0 Å². The number of fused-ring (bicyclic) bond motifs is 1. The largest absolute Gasteiger partial charge is 0.353 e. The Kier molecular flexibility index (Phi) is 7.49. The summed E-state index contributed by atoms with van der Waals surface area (Å²) in [4.78, 5) is 30.5. The molecule has 2 aromatic rings. The van der Waals surface area contributed by atoms with E-state index in [2.05, 4.69) is 18.3 Å². The van der Waals surface area contributed by atoms with Crippen molar-refractivity contribution in [1.29, 1.82) is 0 Å². The van der Waals surface area contributed by atoms with Gasteiger partial charge in [-0.2, -0.15) is 0 Å². The molecule has 0 bridgehead atoms. The molecule has 1 N–H and O–H groups in total. The smallest absolute Gasteiger partial charge is 0.262 e. The van der Waals surface area contributed by atoms with Crippen LogP contribution >= 0.6 is 11.8 Å². The number of para-hydroxylation sites is 1. The van der Waals surface area contributed by atoms with Crippen LogP contribution in [0.2, 0.25) is 0 Å². The van der Waals surface area contributed by atoms with Gasteiger partial charge in [-0.05, 0) is 75.8 Å². The van der Waals surface area contributed by atoms with Gasteiger partial charge in [0.1, 0.15) is 0 Å². The summed E-state index contributed by atoms with van der Waals surface area (Å²) < 4.78 is 1.78. The number of amides is 1. The molecule has 0 atom stereocenters. The second-order valence-corrected chi connectivity index (χ2v) is 9.98. The quantitative estimate of drug-likeness (QED) is 0.371. The number of allylic oxidation sites excluding steroid dienone is 2. The highest BCUT2D eigenvalue weighted by Gasteiger charge is 2.20. The third-order valence-corrected chi connectivity index (χ3v) is 7.56. The highest BCUT2D eigenvalue weighted by atomic mass is 32.2. The molecule has 0 aliphatic heterocycles. The Morgan fingerprint density at radius 3 is 2.77 bits per heavy atom. The molecule has 1 fully saturated rings. The van der Waals surface area contributed by atoms with E-state index >= 15 is 0 Å². The monoisotopic (exact) mass is 439 g/mol. The Morgan fingerprint density at radius 1 is 1.19 bits per heavy atom. The Morgan fingerprint density at radius 2 is 2.00 bits per heavy atom. The van der Waals surface area contributed by atoms with Crippen molar-refractivity contribution in [3.05, 3.63) is 46.3 Å². The van der Waals surface area contributed by atoms with Crippen LogP contribution in [0.3, 0.4) is 0 Å². The zero-order valence-corrected chi connectivity index (χ0v) is 19.3. The second-order valence-electron chi connectivity index (χ2n) is 9.04. The highest BCUT2D eigenvalue weighted by Crippen LogP contribution is 2.25. The van der Waals surface area contributed by atoms with E-state index in [1.807, 2.05) is 24.3 Å². The summed E-state index contributed by atoms with van der Waals surface area (Å²) in [5.74, 6) is 1.09. The number of aromatic nitrogens is 2.